The summed E-state index contributed by atoms with van der Waals surface area (Å²) in [6, 6.07) is -0.348. The normalized spacial score (nSPS) is 56.6. The van der Waals surface area contributed by atoms with E-state index in [-0.39, 0.29) is 60.6 Å². The molecule has 1 aliphatic heterocycles. The first-order valence-electron chi connectivity index (χ1n) is 13.6. The van der Waals surface area contributed by atoms with Gasteiger partial charge in [0.1, 0.15) is 11.2 Å². The third-order valence-corrected chi connectivity index (χ3v) is 11.9. The lowest BCUT2D eigenvalue weighted by molar-refractivity contribution is -0.320. The van der Waals surface area contributed by atoms with Gasteiger partial charge in [-0.15, -0.1) is 0 Å². The highest BCUT2D eigenvalue weighted by Gasteiger charge is 2.91. The van der Waals surface area contributed by atoms with Crippen molar-refractivity contribution in [2.75, 3.05) is 48.1 Å². The summed E-state index contributed by atoms with van der Waals surface area (Å²) in [6.45, 7) is 5.22. The molecule has 6 fully saturated rings. The molecule has 6 rings (SSSR count). The Morgan fingerprint density at radius 1 is 1.08 bits per heavy atom. The van der Waals surface area contributed by atoms with Crippen molar-refractivity contribution in [2.24, 2.45) is 34.5 Å². The Morgan fingerprint density at radius 3 is 2.42 bits per heavy atom. The quantitative estimate of drug-likeness (QED) is 0.483. The lowest BCUT2D eigenvalue weighted by atomic mass is 9.42. The summed E-state index contributed by atoms with van der Waals surface area (Å²) < 4.78 is 30.5. The van der Waals surface area contributed by atoms with Gasteiger partial charge in [0.25, 0.3) is 0 Å². The molecule has 0 unspecified atom stereocenters. The molecule has 204 valence electrons. The van der Waals surface area contributed by atoms with Crippen molar-refractivity contribution in [3.8, 4) is 0 Å². The number of ether oxygens (including phenoxy) is 5. The standard InChI is InChI=1S/C27H43NO8/c1-7-28-12-24(13-36-14(2)29)9-8-18(33-4)26-16-10-15-17(32-3)11-25(30,19(16)20(15)34-5)27(31,23(26)28)22(35-6)21(24)26/h15-23,30-31H,7-13H2,1-6H3/t15-,16-,17+,18+,19-,20+,21-,22+,23+,24+,25-,26+,27+/m1/s1. The summed E-state index contributed by atoms with van der Waals surface area (Å²) in [5.41, 5.74) is -3.91. The van der Waals surface area contributed by atoms with E-state index in [0.29, 0.717) is 19.5 Å². The Morgan fingerprint density at radius 2 is 1.83 bits per heavy atom. The monoisotopic (exact) mass is 509 g/mol. The number of rotatable bonds is 7. The van der Waals surface area contributed by atoms with Gasteiger partial charge in [-0.3, -0.25) is 9.69 Å². The van der Waals surface area contributed by atoms with Gasteiger partial charge in [-0.05, 0) is 31.7 Å². The Bertz CT molecular complexity index is 918. The van der Waals surface area contributed by atoms with E-state index in [0.717, 1.165) is 19.3 Å². The number of nitrogens with zero attached hydrogens (tertiary/aromatic N) is 1. The molecule has 0 amide bonds. The molecule has 9 nitrogen and oxygen atoms in total. The van der Waals surface area contributed by atoms with Crippen molar-refractivity contribution < 1.29 is 38.7 Å². The van der Waals surface area contributed by atoms with E-state index in [9.17, 15) is 15.0 Å². The zero-order valence-corrected chi connectivity index (χ0v) is 22.4. The number of methoxy groups -OCH3 is 4. The summed E-state index contributed by atoms with van der Waals surface area (Å²) in [7, 11) is 6.83. The number of aliphatic hydroxyl groups is 2. The number of hydrogen-bond acceptors (Lipinski definition) is 9. The van der Waals surface area contributed by atoms with Gasteiger partial charge in [-0.2, -0.15) is 0 Å². The molecular weight excluding hydrogens is 466 g/mol. The van der Waals surface area contributed by atoms with Crippen LogP contribution in [-0.2, 0) is 28.5 Å². The van der Waals surface area contributed by atoms with Gasteiger partial charge in [0.05, 0.1) is 37.1 Å². The molecule has 36 heavy (non-hydrogen) atoms. The summed E-state index contributed by atoms with van der Waals surface area (Å²) >= 11 is 0. The smallest absolute Gasteiger partial charge is 0.302 e. The molecule has 5 aliphatic carbocycles. The molecule has 1 saturated heterocycles. The molecule has 1 spiro atoms. The molecule has 0 radical (unpaired) electrons. The van der Waals surface area contributed by atoms with Crippen LogP contribution in [0.4, 0.5) is 0 Å². The Hall–Kier alpha value is -0.810. The van der Waals surface area contributed by atoms with Crippen LogP contribution in [-0.4, -0.2) is 111 Å². The van der Waals surface area contributed by atoms with E-state index in [2.05, 4.69) is 11.8 Å². The molecule has 0 aromatic rings. The first-order chi connectivity index (χ1) is 17.2. The Kier molecular flexibility index (Phi) is 5.73. The van der Waals surface area contributed by atoms with E-state index in [4.69, 9.17) is 23.7 Å². The highest BCUT2D eigenvalue weighted by Crippen LogP contribution is 2.80. The zero-order chi connectivity index (χ0) is 25.8. The fraction of sp³-hybridized carbons (Fsp3) is 0.963. The Labute approximate surface area is 213 Å². The Balaban J connectivity index is 1.65. The fourth-order valence-corrected chi connectivity index (χ4v) is 11.2. The van der Waals surface area contributed by atoms with Crippen LogP contribution in [0.2, 0.25) is 0 Å². The van der Waals surface area contributed by atoms with Crippen LogP contribution in [0.1, 0.15) is 39.5 Å². The maximum absolute atomic E-state index is 13.1. The van der Waals surface area contributed by atoms with Gasteiger partial charge in [0.2, 0.25) is 0 Å². The molecule has 9 heteroatoms. The van der Waals surface area contributed by atoms with Crippen LogP contribution in [0.25, 0.3) is 0 Å². The van der Waals surface area contributed by atoms with Gasteiger partial charge in [-0.25, -0.2) is 0 Å². The first kappa shape index (κ1) is 25.5. The number of carbonyl (C=O) groups is 1. The van der Waals surface area contributed by atoms with E-state index in [1.165, 1.54) is 6.92 Å². The van der Waals surface area contributed by atoms with Crippen molar-refractivity contribution in [3.05, 3.63) is 0 Å². The average Bonchev–Trinajstić information content (AvgIpc) is 3.28. The fourth-order valence-electron chi connectivity index (χ4n) is 11.2. The van der Waals surface area contributed by atoms with Crippen LogP contribution < -0.4 is 0 Å². The summed E-state index contributed by atoms with van der Waals surface area (Å²) in [6.07, 6.45) is 1.59. The molecule has 0 aromatic carbocycles. The minimum Gasteiger partial charge on any atom is -0.465 e. The van der Waals surface area contributed by atoms with Crippen LogP contribution in [0.5, 0.6) is 0 Å². The van der Waals surface area contributed by atoms with Gasteiger partial charge < -0.3 is 33.9 Å². The van der Waals surface area contributed by atoms with Crippen LogP contribution in [0.15, 0.2) is 0 Å². The lowest BCUT2D eigenvalue weighted by Gasteiger charge is -2.70. The largest absolute Gasteiger partial charge is 0.465 e. The predicted octanol–water partition coefficient (Wildman–Crippen LogP) is 0.842. The number of carbonyl (C=O) groups excluding carboxylic acids is 1. The van der Waals surface area contributed by atoms with E-state index in [1.807, 2.05) is 0 Å². The number of esters is 1. The molecule has 13 atom stereocenters. The molecule has 1 heterocycles. The third kappa shape index (κ3) is 2.55. The number of fused-ring (bicyclic) bond motifs is 2. The molecule has 5 saturated carbocycles. The summed E-state index contributed by atoms with van der Waals surface area (Å²) in [5.74, 6) is -0.523. The van der Waals surface area contributed by atoms with Crippen LogP contribution in [0.3, 0.4) is 0 Å². The average molecular weight is 510 g/mol. The summed E-state index contributed by atoms with van der Waals surface area (Å²) in [4.78, 5) is 14.4. The second kappa shape index (κ2) is 8.10. The molecular formula is C27H43NO8. The topological polar surface area (TPSA) is 107 Å². The molecule has 6 aliphatic rings. The number of likely N-dealkylation sites (N-methyl/N-ethyl adjacent to an activating group) is 1. The predicted molar refractivity (Wildman–Crippen MR) is 128 cm³/mol. The first-order valence-corrected chi connectivity index (χ1v) is 13.6. The van der Waals surface area contributed by atoms with Crippen molar-refractivity contribution in [1.82, 2.24) is 4.90 Å². The lowest BCUT2D eigenvalue weighted by Crippen LogP contribution is -2.82. The maximum atomic E-state index is 13.1. The summed E-state index contributed by atoms with van der Waals surface area (Å²) in [5, 5.41) is 26.0. The second-order valence-corrected chi connectivity index (χ2v) is 12.5. The second-order valence-electron chi connectivity index (χ2n) is 12.5. The number of piperidine rings is 1. The van der Waals surface area contributed by atoms with E-state index in [1.54, 1.807) is 28.4 Å². The van der Waals surface area contributed by atoms with Crippen molar-refractivity contribution >= 4 is 5.97 Å². The van der Waals surface area contributed by atoms with Crippen molar-refractivity contribution in [2.45, 2.75) is 81.2 Å². The van der Waals surface area contributed by atoms with Gasteiger partial charge in [0, 0.05) is 76.9 Å². The van der Waals surface area contributed by atoms with Gasteiger partial charge >= 0.3 is 5.97 Å². The van der Waals surface area contributed by atoms with Gasteiger partial charge in [0.15, 0.2) is 0 Å². The number of likely N-dealkylation sites (tertiary alicyclic amines) is 1. The highest BCUT2D eigenvalue weighted by molar-refractivity contribution is 5.66. The maximum Gasteiger partial charge on any atom is 0.302 e. The third-order valence-electron chi connectivity index (χ3n) is 11.9. The van der Waals surface area contributed by atoms with Gasteiger partial charge in [-0.1, -0.05) is 6.92 Å². The number of hydrogen-bond donors (Lipinski definition) is 2. The molecule has 7 bridgehead atoms. The van der Waals surface area contributed by atoms with Crippen LogP contribution in [0, 0.1) is 34.5 Å². The molecule has 0 aromatic heterocycles. The van der Waals surface area contributed by atoms with E-state index >= 15 is 0 Å². The minimum atomic E-state index is -1.56. The zero-order valence-electron chi connectivity index (χ0n) is 22.4. The minimum absolute atomic E-state index is 0.0457. The van der Waals surface area contributed by atoms with Crippen molar-refractivity contribution in [3.63, 3.8) is 0 Å². The highest BCUT2D eigenvalue weighted by atomic mass is 16.5. The SMILES string of the molecule is CCN1C[C@]2(COC(C)=O)CC[C@H](OC)[C@@]34[C@@H]5C[C@H]6[C@H](OC)[C@@H]5[C@](O)(C[C@@H]6OC)[C@](O)([C@@H](OC)[C@H]23)[C@@H]14. The van der Waals surface area contributed by atoms with Crippen LogP contribution >= 0.6 is 0 Å². The van der Waals surface area contributed by atoms with Crippen molar-refractivity contribution in [1.29, 1.82) is 0 Å². The molecule has 2 N–H and O–H groups in total. The van der Waals surface area contributed by atoms with E-state index < -0.39 is 28.1 Å².